The van der Waals surface area contributed by atoms with Gasteiger partial charge in [-0.2, -0.15) is 0 Å². The van der Waals surface area contributed by atoms with Gasteiger partial charge in [-0.05, 0) is 26.7 Å². The van der Waals surface area contributed by atoms with E-state index in [1.54, 1.807) is 0 Å². The maximum Gasteiger partial charge on any atom is 0.166 e. The third-order valence-corrected chi connectivity index (χ3v) is 2.66. The Balaban J connectivity index is 2.58. The topological polar surface area (TPSA) is 35.5 Å². The molecule has 0 saturated carbocycles. The number of rotatable bonds is 3. The second-order valence-corrected chi connectivity index (χ2v) is 5.59. The molecule has 0 spiro atoms. The number of Topliss-reactive ketones (excluding diaryl/α,β-unsaturated/α-hetero) is 1. The number of carbonyl (C=O) groups is 1. The summed E-state index contributed by atoms with van der Waals surface area (Å²) in [5, 5.41) is 0. The third-order valence-electron chi connectivity index (χ3n) is 2.66. The summed E-state index contributed by atoms with van der Waals surface area (Å²) in [6, 6.07) is 0. The summed E-state index contributed by atoms with van der Waals surface area (Å²) in [7, 11) is 0. The third kappa shape index (κ3) is 3.28. The molecule has 0 aromatic rings. The van der Waals surface area contributed by atoms with Crippen LogP contribution < -0.4 is 0 Å². The van der Waals surface area contributed by atoms with Crippen molar-refractivity contribution in [3.63, 3.8) is 0 Å². The average molecular weight is 214 g/mol. The minimum Gasteiger partial charge on any atom is -0.370 e. The molecular weight excluding hydrogens is 192 g/mol. The first-order chi connectivity index (χ1) is 6.75. The van der Waals surface area contributed by atoms with Gasteiger partial charge in [-0.15, -0.1) is 0 Å². The molecule has 0 aromatic heterocycles. The molecule has 1 saturated heterocycles. The SMILES string of the molecule is CC(C)CC(=O)C1(C)COC(C)(C)CO1. The van der Waals surface area contributed by atoms with E-state index in [9.17, 15) is 4.79 Å². The standard InChI is InChI=1S/C12H22O3/c1-9(2)6-10(13)12(5)8-14-11(3,4)7-15-12/h9H,6-8H2,1-5H3. The van der Waals surface area contributed by atoms with Gasteiger partial charge < -0.3 is 9.47 Å². The molecule has 3 heteroatoms. The Kier molecular flexibility index (Phi) is 3.56. The lowest BCUT2D eigenvalue weighted by atomic mass is 9.92. The van der Waals surface area contributed by atoms with E-state index < -0.39 is 5.60 Å². The first-order valence-corrected chi connectivity index (χ1v) is 5.56. The van der Waals surface area contributed by atoms with Crippen LogP contribution in [0.1, 0.15) is 41.0 Å². The number of carbonyl (C=O) groups excluding carboxylic acids is 1. The molecule has 0 aliphatic carbocycles. The predicted molar refractivity (Wildman–Crippen MR) is 58.9 cm³/mol. The number of hydrogen-bond acceptors (Lipinski definition) is 3. The van der Waals surface area contributed by atoms with Crippen LogP contribution in [0.5, 0.6) is 0 Å². The van der Waals surface area contributed by atoms with Gasteiger partial charge in [-0.1, -0.05) is 13.8 Å². The lowest BCUT2D eigenvalue weighted by Gasteiger charge is -2.40. The summed E-state index contributed by atoms with van der Waals surface area (Å²) in [4.78, 5) is 11.9. The van der Waals surface area contributed by atoms with Crippen molar-refractivity contribution < 1.29 is 14.3 Å². The fourth-order valence-electron chi connectivity index (χ4n) is 1.50. The minimum absolute atomic E-state index is 0.146. The molecule has 0 aromatic carbocycles. The highest BCUT2D eigenvalue weighted by atomic mass is 16.6. The molecule has 1 heterocycles. The molecule has 1 fully saturated rings. The molecule has 88 valence electrons. The van der Waals surface area contributed by atoms with Crippen molar-refractivity contribution in [2.24, 2.45) is 5.92 Å². The van der Waals surface area contributed by atoms with Crippen molar-refractivity contribution in [3.8, 4) is 0 Å². The van der Waals surface area contributed by atoms with Crippen LogP contribution in [-0.4, -0.2) is 30.2 Å². The Morgan fingerprint density at radius 1 is 1.20 bits per heavy atom. The van der Waals surface area contributed by atoms with Gasteiger partial charge in [0.25, 0.3) is 0 Å². The Labute approximate surface area is 92.1 Å². The van der Waals surface area contributed by atoms with Gasteiger partial charge in [-0.3, -0.25) is 4.79 Å². The molecule has 3 nitrogen and oxygen atoms in total. The van der Waals surface area contributed by atoms with E-state index in [2.05, 4.69) is 0 Å². The second kappa shape index (κ2) is 4.22. The van der Waals surface area contributed by atoms with Crippen molar-refractivity contribution in [3.05, 3.63) is 0 Å². The zero-order chi connectivity index (χ0) is 11.7. The van der Waals surface area contributed by atoms with E-state index >= 15 is 0 Å². The molecule has 0 radical (unpaired) electrons. The summed E-state index contributed by atoms with van der Waals surface area (Å²) >= 11 is 0. The van der Waals surface area contributed by atoms with Crippen LogP contribution in [0.3, 0.4) is 0 Å². The van der Waals surface area contributed by atoms with E-state index in [-0.39, 0.29) is 11.4 Å². The molecule has 0 bridgehead atoms. The van der Waals surface area contributed by atoms with Gasteiger partial charge in [0.1, 0.15) is 5.60 Å². The van der Waals surface area contributed by atoms with Crippen LogP contribution in [-0.2, 0) is 14.3 Å². The summed E-state index contributed by atoms with van der Waals surface area (Å²) in [6.07, 6.45) is 0.556. The smallest absolute Gasteiger partial charge is 0.166 e. The molecule has 1 aliphatic rings. The van der Waals surface area contributed by atoms with E-state index in [1.165, 1.54) is 0 Å². The molecule has 1 aliphatic heterocycles. The molecule has 0 amide bonds. The zero-order valence-corrected chi connectivity index (χ0v) is 10.4. The zero-order valence-electron chi connectivity index (χ0n) is 10.4. The van der Waals surface area contributed by atoms with E-state index in [1.807, 2.05) is 34.6 Å². The van der Waals surface area contributed by atoms with Crippen LogP contribution in [0.2, 0.25) is 0 Å². The first-order valence-electron chi connectivity index (χ1n) is 5.56. The monoisotopic (exact) mass is 214 g/mol. The van der Waals surface area contributed by atoms with Crippen LogP contribution >= 0.6 is 0 Å². The number of hydrogen-bond donors (Lipinski definition) is 0. The Morgan fingerprint density at radius 3 is 2.20 bits per heavy atom. The van der Waals surface area contributed by atoms with Crippen LogP contribution in [0.15, 0.2) is 0 Å². The minimum atomic E-state index is -0.736. The largest absolute Gasteiger partial charge is 0.370 e. The molecule has 1 atom stereocenters. The van der Waals surface area contributed by atoms with Crippen LogP contribution in [0.4, 0.5) is 0 Å². The average Bonchev–Trinajstić information content (AvgIpc) is 2.09. The highest BCUT2D eigenvalue weighted by Gasteiger charge is 2.41. The quantitative estimate of drug-likeness (QED) is 0.722. The highest BCUT2D eigenvalue weighted by molar-refractivity contribution is 5.87. The van der Waals surface area contributed by atoms with E-state index in [4.69, 9.17) is 9.47 Å². The summed E-state index contributed by atoms with van der Waals surface area (Å²) in [5.41, 5.74) is -1.00. The van der Waals surface area contributed by atoms with Crippen molar-refractivity contribution in [2.45, 2.75) is 52.2 Å². The highest BCUT2D eigenvalue weighted by Crippen LogP contribution is 2.27. The summed E-state index contributed by atoms with van der Waals surface area (Å²) in [6.45, 7) is 10.7. The Morgan fingerprint density at radius 2 is 1.80 bits per heavy atom. The van der Waals surface area contributed by atoms with Gasteiger partial charge in [-0.25, -0.2) is 0 Å². The van der Waals surface area contributed by atoms with E-state index in [0.29, 0.717) is 25.6 Å². The summed E-state index contributed by atoms with van der Waals surface area (Å²) < 4.78 is 11.3. The molecule has 15 heavy (non-hydrogen) atoms. The van der Waals surface area contributed by atoms with Gasteiger partial charge in [0.2, 0.25) is 0 Å². The van der Waals surface area contributed by atoms with Gasteiger partial charge in [0.15, 0.2) is 5.78 Å². The molecule has 0 N–H and O–H groups in total. The Hall–Kier alpha value is -0.410. The van der Waals surface area contributed by atoms with Crippen LogP contribution in [0, 0.1) is 5.92 Å². The van der Waals surface area contributed by atoms with Gasteiger partial charge >= 0.3 is 0 Å². The molecule has 1 unspecified atom stereocenters. The Bertz CT molecular complexity index is 233. The maximum absolute atomic E-state index is 11.9. The number of ketones is 1. The van der Waals surface area contributed by atoms with Crippen molar-refractivity contribution in [1.29, 1.82) is 0 Å². The van der Waals surface area contributed by atoms with E-state index in [0.717, 1.165) is 0 Å². The normalized spacial score (nSPS) is 30.5. The van der Waals surface area contributed by atoms with Crippen molar-refractivity contribution in [2.75, 3.05) is 13.2 Å². The maximum atomic E-state index is 11.9. The fraction of sp³-hybridized carbons (Fsp3) is 0.917. The first kappa shape index (κ1) is 12.7. The van der Waals surface area contributed by atoms with Crippen molar-refractivity contribution >= 4 is 5.78 Å². The predicted octanol–water partition coefficient (Wildman–Crippen LogP) is 2.19. The molecule has 1 rings (SSSR count). The van der Waals surface area contributed by atoms with Crippen LogP contribution in [0.25, 0.3) is 0 Å². The van der Waals surface area contributed by atoms with Gasteiger partial charge in [0, 0.05) is 6.42 Å². The lowest BCUT2D eigenvalue weighted by Crippen LogP contribution is -2.53. The second-order valence-electron chi connectivity index (χ2n) is 5.59. The van der Waals surface area contributed by atoms with Crippen molar-refractivity contribution in [1.82, 2.24) is 0 Å². The molecular formula is C12H22O3. The number of ether oxygens (including phenoxy) is 2. The lowest BCUT2D eigenvalue weighted by molar-refractivity contribution is -0.215. The van der Waals surface area contributed by atoms with Gasteiger partial charge in [0.05, 0.1) is 18.8 Å². The summed E-state index contributed by atoms with van der Waals surface area (Å²) in [5.74, 6) is 0.515. The fourth-order valence-corrected chi connectivity index (χ4v) is 1.50.